The summed E-state index contributed by atoms with van der Waals surface area (Å²) in [6.45, 7) is 0. The van der Waals surface area contributed by atoms with Gasteiger partial charge in [-0.05, 0) is 102 Å². The predicted octanol–water partition coefficient (Wildman–Crippen LogP) is 9.47. The molecule has 36 heavy (non-hydrogen) atoms. The second kappa shape index (κ2) is 8.46. The topological polar surface area (TPSA) is 0 Å². The van der Waals surface area contributed by atoms with Crippen LogP contribution in [0.5, 0.6) is 0 Å². The minimum absolute atomic E-state index is 0.373. The molecule has 0 saturated carbocycles. The molecule has 0 aromatic heterocycles. The van der Waals surface area contributed by atoms with Crippen LogP contribution in [0.4, 0.5) is 0 Å². The van der Waals surface area contributed by atoms with Crippen LogP contribution in [0.1, 0.15) is 22.3 Å². The van der Waals surface area contributed by atoms with E-state index in [1.165, 1.54) is 58.9 Å². The Hall–Kier alpha value is -3.69. The molecule has 0 radical (unpaired) electrons. The van der Waals surface area contributed by atoms with Gasteiger partial charge in [0.25, 0.3) is 0 Å². The highest BCUT2D eigenvalue weighted by Gasteiger charge is 2.46. The summed E-state index contributed by atoms with van der Waals surface area (Å²) in [7, 11) is 0. The average molecular weight is 570 g/mol. The van der Waals surface area contributed by atoms with Gasteiger partial charge in [-0.15, -0.1) is 0 Å². The SMILES string of the molecule is Ic1ccc(-c2ccc(C3(c4ccccc4)c4ccccc4-c4cc5ccccc5cc43)cc2)cc1. The van der Waals surface area contributed by atoms with Gasteiger partial charge >= 0.3 is 0 Å². The van der Waals surface area contributed by atoms with Gasteiger partial charge in [-0.3, -0.25) is 0 Å². The number of halogens is 1. The molecule has 7 rings (SSSR count). The van der Waals surface area contributed by atoms with Crippen molar-refractivity contribution in [2.75, 3.05) is 0 Å². The normalized spacial score (nSPS) is 16.0. The molecule has 6 aromatic carbocycles. The highest BCUT2D eigenvalue weighted by atomic mass is 127. The van der Waals surface area contributed by atoms with E-state index in [1.807, 2.05) is 0 Å². The van der Waals surface area contributed by atoms with E-state index in [1.54, 1.807) is 0 Å². The molecule has 0 nitrogen and oxygen atoms in total. The van der Waals surface area contributed by atoms with Gasteiger partial charge < -0.3 is 0 Å². The summed E-state index contributed by atoms with van der Waals surface area (Å²) in [6.07, 6.45) is 0. The average Bonchev–Trinajstić information content (AvgIpc) is 3.23. The molecule has 1 aliphatic rings. The molecular formula is C35H23I. The highest BCUT2D eigenvalue weighted by molar-refractivity contribution is 14.1. The first-order valence-corrected chi connectivity index (χ1v) is 13.4. The molecular weight excluding hydrogens is 547 g/mol. The summed E-state index contributed by atoms with van der Waals surface area (Å²) >= 11 is 2.36. The Kier molecular flexibility index (Phi) is 5.07. The fraction of sp³-hybridized carbons (Fsp3) is 0.0286. The van der Waals surface area contributed by atoms with E-state index in [-0.39, 0.29) is 5.41 Å². The third-order valence-electron chi connectivity index (χ3n) is 7.61. The molecule has 0 amide bonds. The highest BCUT2D eigenvalue weighted by Crippen LogP contribution is 2.56. The van der Waals surface area contributed by atoms with Gasteiger partial charge in [0.05, 0.1) is 5.41 Å². The molecule has 6 aromatic rings. The lowest BCUT2D eigenvalue weighted by atomic mass is 9.67. The van der Waals surface area contributed by atoms with E-state index < -0.39 is 0 Å². The van der Waals surface area contributed by atoms with Crippen LogP contribution in [-0.2, 0) is 5.41 Å². The Balaban J connectivity index is 1.54. The van der Waals surface area contributed by atoms with Crippen LogP contribution in [0.3, 0.4) is 0 Å². The van der Waals surface area contributed by atoms with Crippen molar-refractivity contribution in [1.29, 1.82) is 0 Å². The first-order valence-electron chi connectivity index (χ1n) is 12.3. The van der Waals surface area contributed by atoms with Crippen molar-refractivity contribution in [3.63, 3.8) is 0 Å². The Bertz CT molecular complexity index is 1710. The number of rotatable bonds is 3. The van der Waals surface area contributed by atoms with Gasteiger partial charge in [0.15, 0.2) is 0 Å². The van der Waals surface area contributed by atoms with E-state index in [9.17, 15) is 0 Å². The maximum absolute atomic E-state index is 2.42. The lowest BCUT2D eigenvalue weighted by molar-refractivity contribution is 0.769. The quantitative estimate of drug-likeness (QED) is 0.186. The molecule has 0 spiro atoms. The van der Waals surface area contributed by atoms with Crippen molar-refractivity contribution in [3.8, 4) is 22.3 Å². The second-order valence-electron chi connectivity index (χ2n) is 9.49. The predicted molar refractivity (Wildman–Crippen MR) is 159 cm³/mol. The zero-order valence-electron chi connectivity index (χ0n) is 19.7. The summed E-state index contributed by atoms with van der Waals surface area (Å²) in [6, 6.07) is 51.5. The fourth-order valence-corrected chi connectivity index (χ4v) is 6.35. The number of hydrogen-bond donors (Lipinski definition) is 0. The molecule has 0 heterocycles. The van der Waals surface area contributed by atoms with E-state index in [4.69, 9.17) is 0 Å². The standard InChI is InChI=1S/C35H23I/c36-30-20-16-25(17-21-30)24-14-18-29(19-15-24)35(28-10-2-1-3-11-28)33-13-7-6-12-31(33)32-22-26-8-4-5-9-27(26)23-34(32)35/h1-23H. The minimum atomic E-state index is -0.373. The van der Waals surface area contributed by atoms with E-state index in [0.29, 0.717) is 0 Å². The Morgan fingerprint density at radius 3 is 1.69 bits per heavy atom. The Labute approximate surface area is 225 Å². The van der Waals surface area contributed by atoms with E-state index in [2.05, 4.69) is 162 Å². The summed E-state index contributed by atoms with van der Waals surface area (Å²) in [5.41, 5.74) is 10.1. The lowest BCUT2D eigenvalue weighted by Gasteiger charge is -2.34. The zero-order valence-corrected chi connectivity index (χ0v) is 21.8. The maximum Gasteiger partial charge on any atom is 0.0713 e. The van der Waals surface area contributed by atoms with Crippen molar-refractivity contribution >= 4 is 33.4 Å². The van der Waals surface area contributed by atoms with Crippen LogP contribution in [-0.4, -0.2) is 0 Å². The van der Waals surface area contributed by atoms with Gasteiger partial charge in [-0.25, -0.2) is 0 Å². The minimum Gasteiger partial charge on any atom is -0.0622 e. The number of hydrogen-bond acceptors (Lipinski definition) is 0. The van der Waals surface area contributed by atoms with Crippen LogP contribution < -0.4 is 0 Å². The molecule has 0 saturated heterocycles. The fourth-order valence-electron chi connectivity index (χ4n) is 6.00. The van der Waals surface area contributed by atoms with Gasteiger partial charge in [0.2, 0.25) is 0 Å². The third kappa shape index (κ3) is 3.19. The maximum atomic E-state index is 2.42. The van der Waals surface area contributed by atoms with Crippen molar-refractivity contribution in [2.24, 2.45) is 0 Å². The summed E-state index contributed by atoms with van der Waals surface area (Å²) in [5.74, 6) is 0. The summed E-state index contributed by atoms with van der Waals surface area (Å²) in [5, 5.41) is 2.56. The first-order chi connectivity index (χ1) is 17.7. The van der Waals surface area contributed by atoms with E-state index >= 15 is 0 Å². The molecule has 1 atom stereocenters. The third-order valence-corrected chi connectivity index (χ3v) is 8.33. The lowest BCUT2D eigenvalue weighted by Crippen LogP contribution is -2.28. The van der Waals surface area contributed by atoms with Crippen LogP contribution in [0.15, 0.2) is 140 Å². The van der Waals surface area contributed by atoms with Crippen LogP contribution in [0.2, 0.25) is 0 Å². The first kappa shape index (κ1) is 21.6. The van der Waals surface area contributed by atoms with Gasteiger partial charge in [-0.1, -0.05) is 115 Å². The van der Waals surface area contributed by atoms with Gasteiger partial charge in [0.1, 0.15) is 0 Å². The van der Waals surface area contributed by atoms with Crippen molar-refractivity contribution in [2.45, 2.75) is 5.41 Å². The Morgan fingerprint density at radius 2 is 0.972 bits per heavy atom. The van der Waals surface area contributed by atoms with Crippen molar-refractivity contribution < 1.29 is 0 Å². The van der Waals surface area contributed by atoms with E-state index in [0.717, 1.165) is 0 Å². The summed E-state index contributed by atoms with van der Waals surface area (Å²) < 4.78 is 1.25. The Morgan fingerprint density at radius 1 is 0.417 bits per heavy atom. The zero-order chi connectivity index (χ0) is 24.1. The molecule has 0 bridgehead atoms. The smallest absolute Gasteiger partial charge is 0.0622 e. The van der Waals surface area contributed by atoms with Gasteiger partial charge in [-0.2, -0.15) is 0 Å². The largest absolute Gasteiger partial charge is 0.0713 e. The van der Waals surface area contributed by atoms with Crippen molar-refractivity contribution in [1.82, 2.24) is 0 Å². The van der Waals surface area contributed by atoms with Crippen LogP contribution >= 0.6 is 22.6 Å². The molecule has 0 fully saturated rings. The molecule has 170 valence electrons. The molecule has 0 aliphatic heterocycles. The van der Waals surface area contributed by atoms with Crippen molar-refractivity contribution in [3.05, 3.63) is 165 Å². The van der Waals surface area contributed by atoms with Crippen LogP contribution in [0, 0.1) is 3.57 Å². The molecule has 1 aliphatic carbocycles. The number of fused-ring (bicyclic) bond motifs is 4. The molecule has 0 N–H and O–H groups in total. The number of benzene rings is 6. The monoisotopic (exact) mass is 570 g/mol. The second-order valence-corrected chi connectivity index (χ2v) is 10.7. The summed E-state index contributed by atoms with van der Waals surface area (Å²) in [4.78, 5) is 0. The molecule has 1 heteroatoms. The molecule has 1 unspecified atom stereocenters. The van der Waals surface area contributed by atoms with Gasteiger partial charge in [0, 0.05) is 3.57 Å². The van der Waals surface area contributed by atoms with Crippen LogP contribution in [0.25, 0.3) is 33.0 Å².